The Balaban J connectivity index is 1.96. The molecule has 0 radical (unpaired) electrons. The normalized spacial score (nSPS) is 16.8. The van der Waals surface area contributed by atoms with Gasteiger partial charge in [0.15, 0.2) is 6.39 Å². The molecule has 1 saturated carbocycles. The maximum absolute atomic E-state index is 5.33. The van der Waals surface area contributed by atoms with Crippen molar-refractivity contribution in [3.63, 3.8) is 0 Å². The van der Waals surface area contributed by atoms with E-state index in [-0.39, 0.29) is 0 Å². The van der Waals surface area contributed by atoms with Crippen molar-refractivity contribution in [3.8, 4) is 0 Å². The standard InChI is InChI=1S/C10H16N2O/c1-7(2)10-9(12-6-13-10)5-11-8-3-4-8/h6-8,11H,3-5H2,1-2H3. The van der Waals surface area contributed by atoms with E-state index in [4.69, 9.17) is 4.42 Å². The van der Waals surface area contributed by atoms with Gasteiger partial charge in [0, 0.05) is 18.5 Å². The van der Waals surface area contributed by atoms with Gasteiger partial charge >= 0.3 is 0 Å². The second kappa shape index (κ2) is 3.50. The monoisotopic (exact) mass is 180 g/mol. The van der Waals surface area contributed by atoms with Crippen LogP contribution in [-0.4, -0.2) is 11.0 Å². The third-order valence-corrected chi connectivity index (χ3v) is 2.33. The molecule has 0 atom stereocenters. The van der Waals surface area contributed by atoms with Gasteiger partial charge in [0.2, 0.25) is 0 Å². The van der Waals surface area contributed by atoms with E-state index < -0.39 is 0 Å². The van der Waals surface area contributed by atoms with Crippen LogP contribution in [0.4, 0.5) is 0 Å². The molecule has 2 rings (SSSR count). The Labute approximate surface area is 78.5 Å². The molecule has 1 heterocycles. The van der Waals surface area contributed by atoms with Crippen molar-refractivity contribution in [2.75, 3.05) is 0 Å². The highest BCUT2D eigenvalue weighted by atomic mass is 16.3. The molecule has 3 nitrogen and oxygen atoms in total. The van der Waals surface area contributed by atoms with Crippen molar-refractivity contribution in [1.82, 2.24) is 10.3 Å². The number of nitrogens with zero attached hydrogens (tertiary/aromatic N) is 1. The summed E-state index contributed by atoms with van der Waals surface area (Å²) in [5, 5.41) is 3.43. The predicted octanol–water partition coefficient (Wildman–Crippen LogP) is 2.05. The van der Waals surface area contributed by atoms with Crippen molar-refractivity contribution in [1.29, 1.82) is 0 Å². The zero-order valence-corrected chi connectivity index (χ0v) is 8.21. The molecule has 1 N–H and O–H groups in total. The summed E-state index contributed by atoms with van der Waals surface area (Å²) in [5.41, 5.74) is 1.07. The third-order valence-electron chi connectivity index (χ3n) is 2.33. The van der Waals surface area contributed by atoms with E-state index in [9.17, 15) is 0 Å². The Morgan fingerprint density at radius 1 is 1.62 bits per heavy atom. The topological polar surface area (TPSA) is 38.1 Å². The highest BCUT2D eigenvalue weighted by Crippen LogP contribution is 2.21. The van der Waals surface area contributed by atoms with Crippen LogP contribution >= 0.6 is 0 Å². The number of aromatic nitrogens is 1. The van der Waals surface area contributed by atoms with Crippen LogP contribution in [0.3, 0.4) is 0 Å². The van der Waals surface area contributed by atoms with Crippen molar-refractivity contribution in [3.05, 3.63) is 17.8 Å². The van der Waals surface area contributed by atoms with Crippen LogP contribution in [0.25, 0.3) is 0 Å². The average molecular weight is 180 g/mol. The zero-order chi connectivity index (χ0) is 9.26. The molecule has 0 aromatic carbocycles. The fourth-order valence-corrected chi connectivity index (χ4v) is 1.41. The van der Waals surface area contributed by atoms with Crippen LogP contribution in [0.2, 0.25) is 0 Å². The molecule has 1 aliphatic carbocycles. The minimum atomic E-state index is 0.429. The molecule has 13 heavy (non-hydrogen) atoms. The van der Waals surface area contributed by atoms with Crippen LogP contribution in [0, 0.1) is 0 Å². The Morgan fingerprint density at radius 2 is 2.38 bits per heavy atom. The number of oxazole rings is 1. The quantitative estimate of drug-likeness (QED) is 0.770. The second-order valence-corrected chi connectivity index (χ2v) is 3.97. The van der Waals surface area contributed by atoms with Gasteiger partial charge in [0.1, 0.15) is 5.76 Å². The number of rotatable bonds is 4. The molecule has 0 saturated heterocycles. The van der Waals surface area contributed by atoms with E-state index >= 15 is 0 Å². The molecule has 3 heteroatoms. The Hall–Kier alpha value is -0.830. The van der Waals surface area contributed by atoms with Gasteiger partial charge < -0.3 is 9.73 Å². The molecule has 72 valence electrons. The Bertz CT molecular complexity index is 276. The molecule has 0 unspecified atom stereocenters. The maximum atomic E-state index is 5.33. The van der Waals surface area contributed by atoms with Crippen molar-refractivity contribution < 1.29 is 4.42 Å². The molecule has 1 aromatic rings. The molecular formula is C10H16N2O. The molecule has 1 aliphatic rings. The maximum Gasteiger partial charge on any atom is 0.181 e. The summed E-state index contributed by atoms with van der Waals surface area (Å²) in [7, 11) is 0. The van der Waals surface area contributed by atoms with Crippen LogP contribution < -0.4 is 5.32 Å². The molecule has 0 spiro atoms. The molecule has 1 fully saturated rings. The molecule has 0 aliphatic heterocycles. The lowest BCUT2D eigenvalue weighted by Crippen LogP contribution is -2.16. The van der Waals surface area contributed by atoms with E-state index in [1.165, 1.54) is 12.8 Å². The molecule has 0 bridgehead atoms. The highest BCUT2D eigenvalue weighted by Gasteiger charge is 2.21. The smallest absolute Gasteiger partial charge is 0.181 e. The first kappa shape index (κ1) is 8.75. The van der Waals surface area contributed by atoms with E-state index in [0.29, 0.717) is 5.92 Å². The molecule has 1 aromatic heterocycles. The predicted molar refractivity (Wildman–Crippen MR) is 50.5 cm³/mol. The van der Waals surface area contributed by atoms with Crippen molar-refractivity contribution in [2.24, 2.45) is 0 Å². The van der Waals surface area contributed by atoms with Crippen molar-refractivity contribution >= 4 is 0 Å². The summed E-state index contributed by atoms with van der Waals surface area (Å²) in [4.78, 5) is 4.21. The Kier molecular flexibility index (Phi) is 2.36. The van der Waals surface area contributed by atoms with Gasteiger partial charge in [0.05, 0.1) is 5.69 Å². The Morgan fingerprint density at radius 3 is 3.00 bits per heavy atom. The van der Waals surface area contributed by atoms with Gasteiger partial charge in [-0.3, -0.25) is 0 Å². The summed E-state index contributed by atoms with van der Waals surface area (Å²) in [6, 6.07) is 0.733. The van der Waals surface area contributed by atoms with Gasteiger partial charge in [-0.05, 0) is 12.8 Å². The molecular weight excluding hydrogens is 164 g/mol. The van der Waals surface area contributed by atoms with Crippen LogP contribution in [-0.2, 0) is 6.54 Å². The average Bonchev–Trinajstić information content (AvgIpc) is 2.79. The minimum absolute atomic E-state index is 0.429. The second-order valence-electron chi connectivity index (χ2n) is 3.97. The largest absolute Gasteiger partial charge is 0.448 e. The first-order valence-corrected chi connectivity index (χ1v) is 4.93. The first-order chi connectivity index (χ1) is 6.27. The lowest BCUT2D eigenvalue weighted by molar-refractivity contribution is 0.476. The first-order valence-electron chi connectivity index (χ1n) is 4.93. The van der Waals surface area contributed by atoms with Crippen molar-refractivity contribution in [2.45, 2.75) is 45.2 Å². The summed E-state index contributed by atoms with van der Waals surface area (Å²) >= 11 is 0. The van der Waals surface area contributed by atoms with E-state index in [0.717, 1.165) is 24.0 Å². The summed E-state index contributed by atoms with van der Waals surface area (Å²) < 4.78 is 5.33. The summed E-state index contributed by atoms with van der Waals surface area (Å²) in [5.74, 6) is 1.45. The van der Waals surface area contributed by atoms with E-state index in [1.807, 2.05) is 0 Å². The fourth-order valence-electron chi connectivity index (χ4n) is 1.41. The van der Waals surface area contributed by atoms with Gasteiger partial charge in [0.25, 0.3) is 0 Å². The molecule has 0 amide bonds. The van der Waals surface area contributed by atoms with Gasteiger partial charge in [-0.15, -0.1) is 0 Å². The minimum Gasteiger partial charge on any atom is -0.448 e. The summed E-state index contributed by atoms with van der Waals surface area (Å²) in [6.45, 7) is 5.11. The third kappa shape index (κ3) is 2.10. The van der Waals surface area contributed by atoms with Crippen LogP contribution in [0.5, 0.6) is 0 Å². The van der Waals surface area contributed by atoms with E-state index in [2.05, 4.69) is 24.1 Å². The van der Waals surface area contributed by atoms with Gasteiger partial charge in [-0.2, -0.15) is 0 Å². The SMILES string of the molecule is CC(C)c1ocnc1CNC1CC1. The van der Waals surface area contributed by atoms with Gasteiger partial charge in [-0.1, -0.05) is 13.8 Å². The van der Waals surface area contributed by atoms with E-state index in [1.54, 1.807) is 6.39 Å². The highest BCUT2D eigenvalue weighted by molar-refractivity contribution is 5.11. The summed E-state index contributed by atoms with van der Waals surface area (Å²) in [6.07, 6.45) is 4.17. The fraction of sp³-hybridized carbons (Fsp3) is 0.700. The zero-order valence-electron chi connectivity index (χ0n) is 8.21. The number of nitrogens with one attached hydrogen (secondary N) is 1. The van der Waals surface area contributed by atoms with Gasteiger partial charge in [-0.25, -0.2) is 4.98 Å². The number of hydrogen-bond acceptors (Lipinski definition) is 3. The van der Waals surface area contributed by atoms with Crippen LogP contribution in [0.15, 0.2) is 10.8 Å². The lowest BCUT2D eigenvalue weighted by atomic mass is 10.1. The number of hydrogen-bond donors (Lipinski definition) is 1. The van der Waals surface area contributed by atoms with Crippen LogP contribution in [0.1, 0.15) is 44.1 Å². The lowest BCUT2D eigenvalue weighted by Gasteiger charge is -2.04.